The van der Waals surface area contributed by atoms with Gasteiger partial charge >= 0.3 is 12.1 Å². The lowest BCUT2D eigenvalue weighted by atomic mass is 9.78. The van der Waals surface area contributed by atoms with Gasteiger partial charge in [0.05, 0.1) is 18.2 Å². The van der Waals surface area contributed by atoms with Crippen molar-refractivity contribution >= 4 is 11.7 Å². The quantitative estimate of drug-likeness (QED) is 0.238. The predicted octanol–water partition coefficient (Wildman–Crippen LogP) is 7.46. The van der Waals surface area contributed by atoms with E-state index in [4.69, 9.17) is 4.74 Å². The van der Waals surface area contributed by atoms with E-state index in [0.29, 0.717) is 25.3 Å². The average Bonchev–Trinajstić information content (AvgIpc) is 2.80. The van der Waals surface area contributed by atoms with Crippen LogP contribution in [0.15, 0.2) is 72.8 Å². The van der Waals surface area contributed by atoms with Crippen LogP contribution in [0.25, 0.3) is 0 Å². The van der Waals surface area contributed by atoms with Crippen molar-refractivity contribution in [2.24, 2.45) is 5.92 Å². The van der Waals surface area contributed by atoms with Crippen LogP contribution in [0.2, 0.25) is 0 Å². The Morgan fingerprint density at radius 3 is 2.32 bits per heavy atom. The highest BCUT2D eigenvalue weighted by Gasteiger charge is 2.37. The Labute approximate surface area is 199 Å². The highest BCUT2D eigenvalue weighted by atomic mass is 19.4. The normalized spacial score (nSPS) is 20.0. The number of anilines is 1. The number of halogens is 3. The van der Waals surface area contributed by atoms with Crippen molar-refractivity contribution in [3.63, 3.8) is 0 Å². The van der Waals surface area contributed by atoms with Crippen LogP contribution in [0.5, 0.6) is 0 Å². The summed E-state index contributed by atoms with van der Waals surface area (Å²) >= 11 is 0. The zero-order valence-corrected chi connectivity index (χ0v) is 19.9. The van der Waals surface area contributed by atoms with Crippen LogP contribution in [0.3, 0.4) is 0 Å². The molecular formula is C28H32F3NO2. The Morgan fingerprint density at radius 1 is 1.15 bits per heavy atom. The summed E-state index contributed by atoms with van der Waals surface area (Å²) in [5.41, 5.74) is 3.24. The first-order valence-electron chi connectivity index (χ1n) is 11.7. The predicted molar refractivity (Wildman–Crippen MR) is 130 cm³/mol. The SMILES string of the molecule is C=CC[C@@H]1/C(=C/C(=O)OCC)CCN(c2ccc(C(C)C)cc2)[C@H]1c1ccc(C(F)(F)F)cc1. The Kier molecular flexibility index (Phi) is 8.24. The third kappa shape index (κ3) is 5.91. The van der Waals surface area contributed by atoms with Crippen molar-refractivity contribution in [3.8, 4) is 0 Å². The van der Waals surface area contributed by atoms with Gasteiger partial charge in [0.15, 0.2) is 0 Å². The monoisotopic (exact) mass is 471 g/mol. The van der Waals surface area contributed by atoms with Crippen LogP contribution in [0, 0.1) is 5.92 Å². The summed E-state index contributed by atoms with van der Waals surface area (Å²) < 4.78 is 44.7. The van der Waals surface area contributed by atoms with Crippen LogP contribution >= 0.6 is 0 Å². The van der Waals surface area contributed by atoms with Gasteiger partial charge in [-0.15, -0.1) is 6.58 Å². The zero-order chi connectivity index (χ0) is 24.9. The van der Waals surface area contributed by atoms with E-state index in [1.54, 1.807) is 31.2 Å². The van der Waals surface area contributed by atoms with Crippen LogP contribution in [-0.4, -0.2) is 19.1 Å². The number of hydrogen-bond acceptors (Lipinski definition) is 3. The van der Waals surface area contributed by atoms with E-state index < -0.39 is 17.7 Å². The molecule has 0 amide bonds. The van der Waals surface area contributed by atoms with Crippen LogP contribution in [-0.2, 0) is 15.7 Å². The van der Waals surface area contributed by atoms with Gasteiger partial charge < -0.3 is 9.64 Å². The Bertz CT molecular complexity index is 1010. The van der Waals surface area contributed by atoms with Crippen LogP contribution in [0.1, 0.15) is 62.3 Å². The van der Waals surface area contributed by atoms with E-state index in [2.05, 4.69) is 49.6 Å². The second-order valence-electron chi connectivity index (χ2n) is 8.86. The summed E-state index contributed by atoms with van der Waals surface area (Å²) in [6, 6.07) is 13.4. The summed E-state index contributed by atoms with van der Waals surface area (Å²) in [7, 11) is 0. The summed E-state index contributed by atoms with van der Waals surface area (Å²) in [6.45, 7) is 10.8. The molecular weight excluding hydrogens is 439 g/mol. The Balaban J connectivity index is 2.07. The molecule has 0 N–H and O–H groups in total. The molecule has 1 heterocycles. The summed E-state index contributed by atoms with van der Waals surface area (Å²) in [4.78, 5) is 14.5. The number of allylic oxidation sites excluding steroid dienone is 1. The molecule has 2 atom stereocenters. The van der Waals surface area contributed by atoms with Gasteiger partial charge in [-0.1, -0.05) is 49.8 Å². The van der Waals surface area contributed by atoms with Gasteiger partial charge in [-0.05, 0) is 61.1 Å². The van der Waals surface area contributed by atoms with Crippen molar-refractivity contribution < 1.29 is 22.7 Å². The fourth-order valence-electron chi connectivity index (χ4n) is 4.59. The number of ether oxygens (including phenoxy) is 1. The molecule has 34 heavy (non-hydrogen) atoms. The molecule has 0 aliphatic carbocycles. The third-order valence-corrected chi connectivity index (χ3v) is 6.32. The number of alkyl halides is 3. The average molecular weight is 472 g/mol. The van der Waals surface area contributed by atoms with Gasteiger partial charge in [-0.25, -0.2) is 4.79 Å². The molecule has 0 aromatic heterocycles. The topological polar surface area (TPSA) is 29.5 Å². The number of nitrogens with zero attached hydrogens (tertiary/aromatic N) is 1. The fourth-order valence-corrected chi connectivity index (χ4v) is 4.59. The summed E-state index contributed by atoms with van der Waals surface area (Å²) in [5.74, 6) is -0.127. The highest BCUT2D eigenvalue weighted by molar-refractivity contribution is 5.83. The Morgan fingerprint density at radius 2 is 1.79 bits per heavy atom. The van der Waals surface area contributed by atoms with Gasteiger partial charge in [-0.2, -0.15) is 13.2 Å². The molecule has 3 rings (SSSR count). The van der Waals surface area contributed by atoms with E-state index >= 15 is 0 Å². The first-order valence-corrected chi connectivity index (χ1v) is 11.7. The number of hydrogen-bond donors (Lipinski definition) is 0. The standard InChI is InChI=1S/C28H32F3NO2/c1-5-7-25-22(18-26(33)34-6-2)16-17-32(24-14-10-20(11-15-24)19(3)4)27(25)21-8-12-23(13-9-21)28(29,30)31/h5,8-15,18-19,25,27H,1,6-7,16-17H2,2-4H3/b22-18+/t25-,27+/m1/s1. The van der Waals surface area contributed by atoms with Gasteiger partial charge in [0.1, 0.15) is 0 Å². The number of rotatable bonds is 7. The lowest BCUT2D eigenvalue weighted by molar-refractivity contribution is -0.138. The molecule has 0 bridgehead atoms. The minimum atomic E-state index is -4.40. The van der Waals surface area contributed by atoms with E-state index in [0.717, 1.165) is 29.0 Å². The van der Waals surface area contributed by atoms with Crippen molar-refractivity contribution in [3.05, 3.63) is 89.5 Å². The van der Waals surface area contributed by atoms with Crippen molar-refractivity contribution in [2.75, 3.05) is 18.1 Å². The molecule has 2 aromatic rings. The van der Waals surface area contributed by atoms with Gasteiger partial charge in [0, 0.05) is 24.2 Å². The molecule has 0 unspecified atom stereocenters. The first kappa shape index (κ1) is 25.6. The number of esters is 1. The van der Waals surface area contributed by atoms with Crippen LogP contribution in [0.4, 0.5) is 18.9 Å². The molecule has 6 heteroatoms. The maximum absolute atomic E-state index is 13.2. The minimum absolute atomic E-state index is 0.128. The lowest BCUT2D eigenvalue weighted by Gasteiger charge is -2.44. The van der Waals surface area contributed by atoms with Gasteiger partial charge in [0.2, 0.25) is 0 Å². The molecule has 0 spiro atoms. The van der Waals surface area contributed by atoms with E-state index in [9.17, 15) is 18.0 Å². The first-order chi connectivity index (χ1) is 16.2. The third-order valence-electron chi connectivity index (χ3n) is 6.32. The minimum Gasteiger partial charge on any atom is -0.463 e. The van der Waals surface area contributed by atoms with Crippen LogP contribution < -0.4 is 4.90 Å². The maximum atomic E-state index is 13.2. The molecule has 182 valence electrons. The van der Waals surface area contributed by atoms with Crippen molar-refractivity contribution in [1.82, 2.24) is 0 Å². The van der Waals surface area contributed by atoms with E-state index in [1.165, 1.54) is 5.56 Å². The highest BCUT2D eigenvalue weighted by Crippen LogP contribution is 2.44. The molecule has 1 aliphatic rings. The largest absolute Gasteiger partial charge is 0.463 e. The number of carbonyl (C=O) groups is 1. The summed E-state index contributed by atoms with van der Waals surface area (Å²) in [5, 5.41) is 0. The smallest absolute Gasteiger partial charge is 0.416 e. The fraction of sp³-hybridized carbons (Fsp3) is 0.393. The second kappa shape index (κ2) is 10.9. The zero-order valence-electron chi connectivity index (χ0n) is 19.9. The molecule has 3 nitrogen and oxygen atoms in total. The molecule has 0 radical (unpaired) electrons. The van der Waals surface area contributed by atoms with E-state index in [1.807, 2.05) is 0 Å². The molecule has 2 aromatic carbocycles. The van der Waals surface area contributed by atoms with Crippen molar-refractivity contribution in [1.29, 1.82) is 0 Å². The van der Waals surface area contributed by atoms with Gasteiger partial charge in [0.25, 0.3) is 0 Å². The summed E-state index contributed by atoms with van der Waals surface area (Å²) in [6.07, 6.45) is 0.185. The molecule has 1 aliphatic heterocycles. The van der Waals surface area contributed by atoms with Gasteiger partial charge in [-0.3, -0.25) is 0 Å². The number of piperidine rings is 1. The van der Waals surface area contributed by atoms with Crippen molar-refractivity contribution in [2.45, 2.75) is 51.7 Å². The molecule has 0 saturated carbocycles. The second-order valence-corrected chi connectivity index (χ2v) is 8.86. The number of benzene rings is 2. The molecule has 1 fully saturated rings. The van der Waals surface area contributed by atoms with E-state index in [-0.39, 0.29) is 18.6 Å². The number of carbonyl (C=O) groups excluding carboxylic acids is 1. The Hall–Kier alpha value is -3.02. The lowest BCUT2D eigenvalue weighted by Crippen LogP contribution is -2.40. The maximum Gasteiger partial charge on any atom is 0.416 e. The molecule has 1 saturated heterocycles.